The Bertz CT molecular complexity index is 3250. The first kappa shape index (κ1) is 86.0. The van der Waals surface area contributed by atoms with Crippen LogP contribution >= 0.6 is 0 Å². The molecule has 0 aliphatic heterocycles. The summed E-state index contributed by atoms with van der Waals surface area (Å²) in [6.07, 6.45) is 33.8. The number of fused-ring (bicyclic) bond motifs is 8. The van der Waals surface area contributed by atoms with Crippen molar-refractivity contribution >= 4 is 41.8 Å². The van der Waals surface area contributed by atoms with E-state index in [1.807, 2.05) is 0 Å². The number of carbonyl (C=O) groups excluding carboxylic acids is 7. The molecule has 0 saturated carbocycles. The predicted molar refractivity (Wildman–Crippen MR) is 405 cm³/mol. The Morgan fingerprint density at radius 2 is 0.481 bits per heavy atom. The van der Waals surface area contributed by atoms with Gasteiger partial charge >= 0.3 is 41.8 Å². The third-order valence-electron chi connectivity index (χ3n) is 18.0. The van der Waals surface area contributed by atoms with Gasteiger partial charge in [-0.2, -0.15) is 0 Å². The highest BCUT2D eigenvalue weighted by molar-refractivity contribution is 5.93. The standard InChI is InChI=1S/C86H118O18/c1-9-14-18-22-26-44-101-83-68-52-64(34-30-48-97-76(87)13-5)53-69(83)61-71-55-66(36-32-50-99-81(92)42-39-78(89)95-7)57-73(85(71)103-46-28-24-20-16-11-3)63-75-59-67(37-33-51-100-82(93)43-40-79(90)96-8)58-74(86(75)104-47-29-25-21-17-12-4)62-72-56-65(35-31-49-98-80(91)41-38-77(88)94-6)54-70(60-68)84(72)102-45-27-23-19-15-10-2/h13,38-43,52-59H,5,9-12,14-37,44-51,60-63H2,1-4,6-8H3/b41-38-,42-39-,43-40-. The molecule has 4 aromatic rings. The van der Waals surface area contributed by atoms with E-state index in [1.165, 1.54) is 27.4 Å². The fourth-order valence-corrected chi connectivity index (χ4v) is 12.6. The van der Waals surface area contributed by atoms with Crippen molar-refractivity contribution < 1.29 is 85.7 Å². The van der Waals surface area contributed by atoms with Gasteiger partial charge in [0.1, 0.15) is 23.0 Å². The van der Waals surface area contributed by atoms with Crippen molar-refractivity contribution in [2.75, 3.05) is 74.2 Å². The van der Waals surface area contributed by atoms with Gasteiger partial charge in [0, 0.05) is 68.2 Å². The zero-order valence-corrected chi connectivity index (χ0v) is 63.5. The van der Waals surface area contributed by atoms with Crippen molar-refractivity contribution in [3.05, 3.63) is 164 Å². The summed E-state index contributed by atoms with van der Waals surface area (Å²) in [5.74, 6) is -1.38. The summed E-state index contributed by atoms with van der Waals surface area (Å²) < 4.78 is 65.7. The lowest BCUT2D eigenvalue weighted by Gasteiger charge is -2.25. The normalized spacial score (nSPS) is 11.9. The highest BCUT2D eigenvalue weighted by Crippen LogP contribution is 2.42. The summed E-state index contributed by atoms with van der Waals surface area (Å²) >= 11 is 0. The third-order valence-corrected chi connectivity index (χ3v) is 18.0. The molecule has 104 heavy (non-hydrogen) atoms. The molecule has 0 spiro atoms. The van der Waals surface area contributed by atoms with Crippen molar-refractivity contribution in [2.45, 2.75) is 233 Å². The molecule has 0 saturated heterocycles. The minimum atomic E-state index is -0.666. The Hall–Kier alpha value is -8.67. The maximum Gasteiger partial charge on any atom is 0.331 e. The maximum atomic E-state index is 12.9. The Kier molecular flexibility index (Phi) is 42.6. The first-order chi connectivity index (χ1) is 50.6. The second kappa shape index (κ2) is 51.5. The first-order valence-electron chi connectivity index (χ1n) is 38.3. The number of unbranched alkanes of at least 4 members (excludes halogenated alkanes) is 16. The minimum Gasteiger partial charge on any atom is -0.493 e. The number of esters is 7. The molecule has 0 unspecified atom stereocenters. The Morgan fingerprint density at radius 3 is 0.683 bits per heavy atom. The summed E-state index contributed by atoms with van der Waals surface area (Å²) in [6, 6.07) is 17.8. The molecule has 0 fully saturated rings. The topological polar surface area (TPSA) is 221 Å². The Morgan fingerprint density at radius 1 is 0.279 bits per heavy atom. The Labute approximate surface area is 619 Å². The first-order valence-corrected chi connectivity index (χ1v) is 38.3. The second-order valence-corrected chi connectivity index (χ2v) is 26.6. The van der Waals surface area contributed by atoms with Crippen LogP contribution in [0.2, 0.25) is 0 Å². The predicted octanol–water partition coefficient (Wildman–Crippen LogP) is 17.0. The van der Waals surface area contributed by atoms with Crippen LogP contribution in [0.25, 0.3) is 0 Å². The molecule has 570 valence electrons. The smallest absolute Gasteiger partial charge is 0.331 e. The maximum absolute atomic E-state index is 12.9. The van der Waals surface area contributed by atoms with Crippen LogP contribution in [0.3, 0.4) is 0 Å². The van der Waals surface area contributed by atoms with E-state index in [0.29, 0.717) is 103 Å². The number of rotatable bonds is 51. The SMILES string of the molecule is C=CC(=O)OCCCc1cc2c(OCCCCCCC)c(c1)Cc1cc(CCCOC(=O)/C=C\C(=O)OC)cc(c1OCCCCCCC)Cc1cc(CCCOC(=O)/C=C\C(=O)OC)cc(c1OCCCCCCC)Cc1cc(CCCOC(=O)/C=C\C(=O)OC)cc(c1OCCCCCCC)C2. The molecule has 0 radical (unpaired) electrons. The number of benzene rings is 4. The molecule has 0 N–H and O–H groups in total. The summed E-state index contributed by atoms with van der Waals surface area (Å²) in [5.41, 5.74) is 11.6. The van der Waals surface area contributed by atoms with E-state index in [0.717, 1.165) is 255 Å². The van der Waals surface area contributed by atoms with Crippen molar-refractivity contribution in [2.24, 2.45) is 0 Å². The number of aryl methyl sites for hydroxylation is 4. The van der Waals surface area contributed by atoms with Crippen molar-refractivity contribution in [3.63, 3.8) is 0 Å². The zero-order valence-electron chi connectivity index (χ0n) is 63.5. The van der Waals surface area contributed by atoms with Gasteiger partial charge in [0.15, 0.2) is 0 Å². The highest BCUT2D eigenvalue weighted by atomic mass is 16.6. The number of carbonyl (C=O) groups is 7. The van der Waals surface area contributed by atoms with Gasteiger partial charge in [0.05, 0.1) is 74.2 Å². The zero-order chi connectivity index (χ0) is 74.9. The van der Waals surface area contributed by atoms with Gasteiger partial charge in [0.2, 0.25) is 0 Å². The van der Waals surface area contributed by atoms with Crippen molar-refractivity contribution in [1.29, 1.82) is 0 Å². The molecule has 8 bridgehead atoms. The van der Waals surface area contributed by atoms with E-state index < -0.39 is 41.8 Å². The van der Waals surface area contributed by atoms with Crippen LogP contribution in [0.15, 0.2) is 97.6 Å². The van der Waals surface area contributed by atoms with Gasteiger partial charge in [-0.05, 0) is 144 Å². The van der Waals surface area contributed by atoms with E-state index >= 15 is 0 Å². The van der Waals surface area contributed by atoms with Crippen molar-refractivity contribution in [1.82, 2.24) is 0 Å². The fourth-order valence-electron chi connectivity index (χ4n) is 12.6. The lowest BCUT2D eigenvalue weighted by Crippen LogP contribution is -2.13. The van der Waals surface area contributed by atoms with Gasteiger partial charge in [0.25, 0.3) is 0 Å². The van der Waals surface area contributed by atoms with E-state index in [9.17, 15) is 33.6 Å². The molecule has 1 aliphatic carbocycles. The number of hydrogen-bond donors (Lipinski definition) is 0. The molecule has 0 heterocycles. The molecule has 18 nitrogen and oxygen atoms in total. The lowest BCUT2D eigenvalue weighted by atomic mass is 9.87. The van der Waals surface area contributed by atoms with Crippen LogP contribution in [-0.4, -0.2) is 116 Å². The number of ether oxygens (including phenoxy) is 11. The van der Waals surface area contributed by atoms with Crippen molar-refractivity contribution in [3.8, 4) is 23.0 Å². The average molecular weight is 1440 g/mol. The van der Waals surface area contributed by atoms with E-state index in [4.69, 9.17) is 52.1 Å². The molecule has 5 rings (SSSR count). The van der Waals surface area contributed by atoms with Gasteiger partial charge in [-0.25, -0.2) is 33.6 Å². The molecule has 0 aromatic heterocycles. The summed E-state index contributed by atoms with van der Waals surface area (Å²) in [4.78, 5) is 86.8. The molecule has 0 amide bonds. The third kappa shape index (κ3) is 33.4. The van der Waals surface area contributed by atoms with E-state index in [1.54, 1.807) is 0 Å². The van der Waals surface area contributed by atoms with Gasteiger partial charge in [-0.1, -0.05) is 186 Å². The van der Waals surface area contributed by atoms with Crippen LogP contribution in [0.1, 0.15) is 249 Å². The highest BCUT2D eigenvalue weighted by Gasteiger charge is 2.26. The molecule has 0 atom stereocenters. The number of methoxy groups -OCH3 is 3. The lowest BCUT2D eigenvalue weighted by molar-refractivity contribution is -0.139. The number of hydrogen-bond acceptors (Lipinski definition) is 18. The summed E-state index contributed by atoms with van der Waals surface area (Å²) in [5, 5.41) is 0. The summed E-state index contributed by atoms with van der Waals surface area (Å²) in [6.45, 7) is 14.8. The van der Waals surface area contributed by atoms with Crippen LogP contribution < -0.4 is 18.9 Å². The van der Waals surface area contributed by atoms with Gasteiger partial charge in [-0.15, -0.1) is 0 Å². The van der Waals surface area contributed by atoms with E-state index in [-0.39, 0.29) is 26.4 Å². The van der Waals surface area contributed by atoms with Crippen LogP contribution in [0, 0.1) is 0 Å². The van der Waals surface area contributed by atoms with Gasteiger partial charge < -0.3 is 52.1 Å². The fraction of sp³-hybridized carbons (Fsp3) is 0.547. The molecule has 18 heteroatoms. The Balaban J connectivity index is 1.92. The molecular formula is C86H118O18. The summed E-state index contributed by atoms with van der Waals surface area (Å²) in [7, 11) is 3.73. The largest absolute Gasteiger partial charge is 0.493 e. The van der Waals surface area contributed by atoms with Crippen LogP contribution in [0.4, 0.5) is 0 Å². The molecule has 1 aliphatic rings. The minimum absolute atomic E-state index is 0.0806. The van der Waals surface area contributed by atoms with E-state index in [2.05, 4.69) is 82.8 Å². The monoisotopic (exact) mass is 1440 g/mol. The second-order valence-electron chi connectivity index (χ2n) is 26.6. The molecular weight excluding hydrogens is 1320 g/mol. The quantitative estimate of drug-likeness (QED) is 0.0153. The molecule has 4 aromatic carbocycles. The van der Waals surface area contributed by atoms with Crippen LogP contribution in [-0.2, 0) is 118 Å². The van der Waals surface area contributed by atoms with Crippen LogP contribution in [0.5, 0.6) is 23.0 Å². The van der Waals surface area contributed by atoms with Gasteiger partial charge in [-0.3, -0.25) is 0 Å². The average Bonchev–Trinajstić information content (AvgIpc) is 0.775.